The van der Waals surface area contributed by atoms with Crippen LogP contribution in [0.15, 0.2) is 17.0 Å². The maximum Gasteiger partial charge on any atom is 0.243 e. The van der Waals surface area contributed by atoms with E-state index < -0.39 is 10.0 Å². The third kappa shape index (κ3) is 3.23. The van der Waals surface area contributed by atoms with Crippen LogP contribution in [0.3, 0.4) is 0 Å². The smallest absolute Gasteiger partial charge is 0.243 e. The van der Waals surface area contributed by atoms with E-state index in [9.17, 15) is 8.42 Å². The van der Waals surface area contributed by atoms with Crippen LogP contribution in [0.2, 0.25) is 5.02 Å². The van der Waals surface area contributed by atoms with Gasteiger partial charge in [-0.2, -0.15) is 4.31 Å². The molecule has 0 N–H and O–H groups in total. The molecule has 0 aliphatic heterocycles. The van der Waals surface area contributed by atoms with Gasteiger partial charge in [-0.1, -0.05) is 11.6 Å². The van der Waals surface area contributed by atoms with Crippen LogP contribution in [0.4, 0.5) is 0 Å². The summed E-state index contributed by atoms with van der Waals surface area (Å²) >= 11 is 5.97. The number of hydrogen-bond acceptors (Lipinski definition) is 3. The summed E-state index contributed by atoms with van der Waals surface area (Å²) in [5.74, 6) is 0. The van der Waals surface area contributed by atoms with E-state index in [2.05, 4.69) is 0 Å². The quantitative estimate of drug-likeness (QED) is 0.836. The Balaban J connectivity index is 3.16. The van der Waals surface area contributed by atoms with Gasteiger partial charge in [0.1, 0.15) is 0 Å². The lowest BCUT2D eigenvalue weighted by molar-refractivity contribution is 0.185. The van der Waals surface area contributed by atoms with Crippen molar-refractivity contribution in [3.63, 3.8) is 0 Å². The molecule has 102 valence electrons. The highest BCUT2D eigenvalue weighted by Gasteiger charge is 2.23. The third-order valence-corrected chi connectivity index (χ3v) is 5.16. The first-order valence-electron chi connectivity index (χ1n) is 5.52. The van der Waals surface area contributed by atoms with Crippen molar-refractivity contribution in [3.8, 4) is 0 Å². The number of rotatable bonds is 5. The zero-order chi connectivity index (χ0) is 13.9. The highest BCUT2D eigenvalue weighted by atomic mass is 35.5. The lowest BCUT2D eigenvalue weighted by atomic mass is 10.2. The molecule has 0 atom stereocenters. The van der Waals surface area contributed by atoms with Crippen molar-refractivity contribution in [1.29, 1.82) is 0 Å². The van der Waals surface area contributed by atoms with E-state index in [1.165, 1.54) is 18.5 Å². The van der Waals surface area contributed by atoms with Crippen LogP contribution in [-0.2, 0) is 14.8 Å². The molecule has 6 heteroatoms. The number of ether oxygens (including phenoxy) is 1. The van der Waals surface area contributed by atoms with Crippen LogP contribution in [-0.4, -0.2) is 40.0 Å². The zero-order valence-corrected chi connectivity index (χ0v) is 12.6. The molecule has 1 rings (SSSR count). The molecule has 0 fully saturated rings. The first-order chi connectivity index (χ1) is 8.30. The Kier molecular flexibility index (Phi) is 5.16. The van der Waals surface area contributed by atoms with E-state index in [0.29, 0.717) is 28.6 Å². The molecule has 0 radical (unpaired) electrons. The summed E-state index contributed by atoms with van der Waals surface area (Å²) in [5, 5.41) is 0.575. The summed E-state index contributed by atoms with van der Waals surface area (Å²) in [4.78, 5) is 0.294. The fourth-order valence-corrected chi connectivity index (χ4v) is 3.20. The first-order valence-corrected chi connectivity index (χ1v) is 7.34. The molecule has 0 aliphatic rings. The number of hydrogen-bond donors (Lipinski definition) is 0. The summed E-state index contributed by atoms with van der Waals surface area (Å²) < 4.78 is 30.9. The fourth-order valence-electron chi connectivity index (χ4n) is 1.54. The topological polar surface area (TPSA) is 46.6 Å². The molecule has 0 saturated heterocycles. The van der Waals surface area contributed by atoms with Crippen molar-refractivity contribution in [2.24, 2.45) is 0 Å². The van der Waals surface area contributed by atoms with Gasteiger partial charge in [-0.05, 0) is 37.1 Å². The molecule has 18 heavy (non-hydrogen) atoms. The van der Waals surface area contributed by atoms with E-state index >= 15 is 0 Å². The highest BCUT2D eigenvalue weighted by Crippen LogP contribution is 2.25. The van der Waals surface area contributed by atoms with Crippen LogP contribution in [0.25, 0.3) is 0 Å². The van der Waals surface area contributed by atoms with Crippen molar-refractivity contribution >= 4 is 21.6 Å². The standard InChI is InChI=1S/C12H18ClNO3S/c1-9-8-12(10(2)7-11(9)13)18(15,16)14(3)5-6-17-4/h7-8H,5-6H2,1-4H3. The van der Waals surface area contributed by atoms with Crippen LogP contribution >= 0.6 is 11.6 Å². The second kappa shape index (κ2) is 6.02. The summed E-state index contributed by atoms with van der Waals surface area (Å²) in [6.45, 7) is 4.21. The lowest BCUT2D eigenvalue weighted by Gasteiger charge is -2.18. The van der Waals surface area contributed by atoms with Crippen molar-refractivity contribution < 1.29 is 13.2 Å². The minimum atomic E-state index is -3.49. The Morgan fingerprint density at radius 3 is 2.44 bits per heavy atom. The average molecular weight is 292 g/mol. The average Bonchev–Trinajstić information content (AvgIpc) is 2.30. The van der Waals surface area contributed by atoms with Crippen molar-refractivity contribution in [1.82, 2.24) is 4.31 Å². The summed E-state index contributed by atoms with van der Waals surface area (Å²) in [6.07, 6.45) is 0. The van der Waals surface area contributed by atoms with E-state index in [1.807, 2.05) is 0 Å². The largest absolute Gasteiger partial charge is 0.383 e. The van der Waals surface area contributed by atoms with Crippen LogP contribution in [0.1, 0.15) is 11.1 Å². The van der Waals surface area contributed by atoms with E-state index in [1.54, 1.807) is 26.0 Å². The molecule has 0 aromatic heterocycles. The molecule has 0 heterocycles. The second-order valence-corrected chi connectivity index (χ2v) is 6.61. The predicted molar refractivity (Wildman–Crippen MR) is 72.6 cm³/mol. The number of halogens is 1. The number of sulfonamides is 1. The van der Waals surface area contributed by atoms with E-state index in [4.69, 9.17) is 16.3 Å². The van der Waals surface area contributed by atoms with Crippen molar-refractivity contribution in [3.05, 3.63) is 28.3 Å². The van der Waals surface area contributed by atoms with E-state index in [-0.39, 0.29) is 0 Å². The molecule has 1 aromatic carbocycles. The second-order valence-electron chi connectivity index (χ2n) is 4.19. The minimum Gasteiger partial charge on any atom is -0.383 e. The molecule has 0 saturated carbocycles. The number of likely N-dealkylation sites (N-methyl/N-ethyl adjacent to an activating group) is 1. The molecular weight excluding hydrogens is 274 g/mol. The molecule has 0 unspecified atom stereocenters. The number of aryl methyl sites for hydroxylation is 2. The minimum absolute atomic E-state index is 0.294. The molecule has 1 aromatic rings. The molecule has 0 aliphatic carbocycles. The molecular formula is C12H18ClNO3S. The summed E-state index contributed by atoms with van der Waals surface area (Å²) in [5.41, 5.74) is 1.40. The van der Waals surface area contributed by atoms with Crippen LogP contribution < -0.4 is 0 Å². The van der Waals surface area contributed by atoms with Crippen LogP contribution in [0, 0.1) is 13.8 Å². The highest BCUT2D eigenvalue weighted by molar-refractivity contribution is 7.89. The Morgan fingerprint density at radius 1 is 1.28 bits per heavy atom. The van der Waals surface area contributed by atoms with Gasteiger partial charge < -0.3 is 4.74 Å². The van der Waals surface area contributed by atoms with Gasteiger partial charge >= 0.3 is 0 Å². The maximum atomic E-state index is 12.3. The SMILES string of the molecule is COCCN(C)S(=O)(=O)c1cc(C)c(Cl)cc1C. The van der Waals surface area contributed by atoms with Gasteiger partial charge in [-0.3, -0.25) is 0 Å². The Labute approximate surface area is 114 Å². The molecule has 4 nitrogen and oxygen atoms in total. The number of methoxy groups -OCH3 is 1. The van der Waals surface area contributed by atoms with E-state index in [0.717, 1.165) is 5.56 Å². The number of nitrogens with zero attached hydrogens (tertiary/aromatic N) is 1. The normalized spacial score (nSPS) is 12.1. The maximum absolute atomic E-state index is 12.3. The van der Waals surface area contributed by atoms with Gasteiger partial charge in [-0.25, -0.2) is 8.42 Å². The molecule has 0 bridgehead atoms. The Morgan fingerprint density at radius 2 is 1.89 bits per heavy atom. The van der Waals surface area contributed by atoms with Crippen molar-refractivity contribution in [2.45, 2.75) is 18.7 Å². The summed E-state index contributed by atoms with van der Waals surface area (Å²) in [6, 6.07) is 3.28. The van der Waals surface area contributed by atoms with Gasteiger partial charge in [0.25, 0.3) is 0 Å². The van der Waals surface area contributed by atoms with Gasteiger partial charge in [0.05, 0.1) is 11.5 Å². The first kappa shape index (κ1) is 15.4. The predicted octanol–water partition coefficient (Wildman–Crippen LogP) is 2.22. The van der Waals surface area contributed by atoms with Gasteiger partial charge in [0.15, 0.2) is 0 Å². The molecule has 0 spiro atoms. The molecule has 0 amide bonds. The fraction of sp³-hybridized carbons (Fsp3) is 0.500. The Hall–Kier alpha value is -0.620. The van der Waals surface area contributed by atoms with Crippen molar-refractivity contribution in [2.75, 3.05) is 27.3 Å². The van der Waals surface area contributed by atoms with Gasteiger partial charge in [0, 0.05) is 25.7 Å². The Bertz CT molecular complexity index is 528. The zero-order valence-electron chi connectivity index (χ0n) is 11.0. The lowest BCUT2D eigenvalue weighted by Crippen LogP contribution is -2.30. The van der Waals surface area contributed by atoms with Gasteiger partial charge in [-0.15, -0.1) is 0 Å². The van der Waals surface area contributed by atoms with Crippen LogP contribution in [0.5, 0.6) is 0 Å². The number of benzene rings is 1. The summed E-state index contributed by atoms with van der Waals surface area (Å²) in [7, 11) is -0.407. The van der Waals surface area contributed by atoms with Gasteiger partial charge in [0.2, 0.25) is 10.0 Å². The monoisotopic (exact) mass is 291 g/mol. The third-order valence-electron chi connectivity index (χ3n) is 2.75.